The van der Waals surface area contributed by atoms with E-state index in [4.69, 9.17) is 0 Å². The molecule has 1 fully saturated rings. The van der Waals surface area contributed by atoms with Gasteiger partial charge in [0.1, 0.15) is 0 Å². The molecule has 0 bridgehead atoms. The molecule has 1 aromatic carbocycles. The number of carbonyl (C=O) groups excluding carboxylic acids is 2. The average Bonchev–Trinajstić information content (AvgIpc) is 2.94. The molecule has 0 saturated carbocycles. The first-order valence-corrected chi connectivity index (χ1v) is 8.40. The normalized spacial score (nSPS) is 17.3. The van der Waals surface area contributed by atoms with E-state index < -0.39 is 17.8 Å². The summed E-state index contributed by atoms with van der Waals surface area (Å²) in [5, 5.41) is 2.76. The molecule has 3 rings (SSSR count). The van der Waals surface area contributed by atoms with Gasteiger partial charge in [-0.15, -0.1) is 0 Å². The van der Waals surface area contributed by atoms with E-state index in [1.807, 2.05) is 0 Å². The van der Waals surface area contributed by atoms with Gasteiger partial charge in [0.05, 0.1) is 17.2 Å². The molecule has 1 N–H and O–H groups in total. The van der Waals surface area contributed by atoms with Gasteiger partial charge in [0.15, 0.2) is 0 Å². The van der Waals surface area contributed by atoms with Crippen molar-refractivity contribution in [3.05, 3.63) is 65.0 Å². The Morgan fingerprint density at radius 3 is 2.74 bits per heavy atom. The summed E-state index contributed by atoms with van der Waals surface area (Å²) in [7, 11) is 0. The van der Waals surface area contributed by atoms with E-state index in [2.05, 4.69) is 10.3 Å². The number of carbonyl (C=O) groups is 2. The van der Waals surface area contributed by atoms with Crippen LogP contribution >= 0.6 is 0 Å². The second kappa shape index (κ2) is 7.38. The van der Waals surface area contributed by atoms with Gasteiger partial charge in [-0.05, 0) is 30.2 Å². The molecule has 0 unspecified atom stereocenters. The number of amides is 2. The molecule has 0 spiro atoms. The van der Waals surface area contributed by atoms with Crippen LogP contribution < -0.4 is 5.32 Å². The van der Waals surface area contributed by atoms with E-state index in [1.54, 1.807) is 19.2 Å². The van der Waals surface area contributed by atoms with Gasteiger partial charge in [-0.3, -0.25) is 14.6 Å². The number of hydrogen-bond donors (Lipinski definition) is 1. The Morgan fingerprint density at radius 2 is 2.04 bits per heavy atom. The number of hydrogen-bond acceptors (Lipinski definition) is 3. The van der Waals surface area contributed by atoms with E-state index in [-0.39, 0.29) is 36.9 Å². The number of pyridine rings is 1. The maximum absolute atomic E-state index is 13.1. The molecule has 5 nitrogen and oxygen atoms in total. The first kappa shape index (κ1) is 18.9. The summed E-state index contributed by atoms with van der Waals surface area (Å²) in [6.07, 6.45) is -1.41. The van der Waals surface area contributed by atoms with Gasteiger partial charge in [-0.2, -0.15) is 13.2 Å². The van der Waals surface area contributed by atoms with E-state index in [9.17, 15) is 22.8 Å². The summed E-state index contributed by atoms with van der Waals surface area (Å²) in [6.45, 7) is 1.79. The van der Waals surface area contributed by atoms with Crippen LogP contribution in [0.15, 0.2) is 42.7 Å². The number of nitrogens with one attached hydrogen (secondary N) is 1. The molecule has 1 aromatic heterocycles. The zero-order valence-corrected chi connectivity index (χ0v) is 14.6. The highest BCUT2D eigenvalue weighted by Crippen LogP contribution is 2.32. The SMILES string of the molecule is Cc1ccncc1C(=O)N[C@@H]1CC(=O)N(Cc2ccccc2C(F)(F)F)C1. The Morgan fingerprint density at radius 1 is 1.30 bits per heavy atom. The van der Waals surface area contributed by atoms with Gasteiger partial charge in [-0.25, -0.2) is 0 Å². The minimum Gasteiger partial charge on any atom is -0.347 e. The number of nitrogens with zero attached hydrogens (tertiary/aromatic N) is 2. The lowest BCUT2D eigenvalue weighted by atomic mass is 10.1. The molecular formula is C19H18F3N3O2. The summed E-state index contributed by atoms with van der Waals surface area (Å²) in [5.41, 5.74) is 0.443. The van der Waals surface area contributed by atoms with Crippen LogP contribution in [0.2, 0.25) is 0 Å². The number of alkyl halides is 3. The fourth-order valence-corrected chi connectivity index (χ4v) is 3.13. The lowest BCUT2D eigenvalue weighted by molar-refractivity contribution is -0.139. The summed E-state index contributed by atoms with van der Waals surface area (Å²) >= 11 is 0. The largest absolute Gasteiger partial charge is 0.416 e. The summed E-state index contributed by atoms with van der Waals surface area (Å²) in [4.78, 5) is 29.8. The zero-order chi connectivity index (χ0) is 19.6. The molecular weight excluding hydrogens is 359 g/mol. The molecule has 0 radical (unpaired) electrons. The molecule has 2 heterocycles. The van der Waals surface area contributed by atoms with Crippen molar-refractivity contribution >= 4 is 11.8 Å². The van der Waals surface area contributed by atoms with Gasteiger partial charge in [0, 0.05) is 31.9 Å². The Bertz CT molecular complexity index is 867. The first-order valence-electron chi connectivity index (χ1n) is 8.40. The Hall–Kier alpha value is -2.90. The first-order chi connectivity index (χ1) is 12.8. The van der Waals surface area contributed by atoms with Gasteiger partial charge >= 0.3 is 6.18 Å². The number of aromatic nitrogens is 1. The standard InChI is InChI=1S/C19H18F3N3O2/c1-12-6-7-23-9-15(12)18(27)24-14-8-17(26)25(11-14)10-13-4-2-3-5-16(13)19(20,21)22/h2-7,9,14H,8,10-11H2,1H3,(H,24,27)/t14-/m1/s1. The van der Waals surface area contributed by atoms with E-state index in [1.165, 1.54) is 29.3 Å². The van der Waals surface area contributed by atoms with Crippen LogP contribution in [-0.4, -0.2) is 34.3 Å². The number of benzene rings is 1. The topological polar surface area (TPSA) is 62.3 Å². The lowest BCUT2D eigenvalue weighted by Crippen LogP contribution is -2.37. The number of rotatable bonds is 4. The van der Waals surface area contributed by atoms with Gasteiger partial charge < -0.3 is 10.2 Å². The van der Waals surface area contributed by atoms with Crippen molar-refractivity contribution < 1.29 is 22.8 Å². The summed E-state index contributed by atoms with van der Waals surface area (Å²) in [5.74, 6) is -0.642. The Balaban J connectivity index is 1.68. The van der Waals surface area contributed by atoms with Crippen molar-refractivity contribution in [1.29, 1.82) is 0 Å². The van der Waals surface area contributed by atoms with Crippen LogP contribution in [0.5, 0.6) is 0 Å². The molecule has 1 aliphatic heterocycles. The van der Waals surface area contributed by atoms with Crippen LogP contribution in [0.3, 0.4) is 0 Å². The van der Waals surface area contributed by atoms with Crippen LogP contribution in [0.25, 0.3) is 0 Å². The number of likely N-dealkylation sites (tertiary alicyclic amines) is 1. The van der Waals surface area contributed by atoms with Crippen LogP contribution in [-0.2, 0) is 17.5 Å². The third kappa shape index (κ3) is 4.27. The molecule has 142 valence electrons. The van der Waals surface area contributed by atoms with Gasteiger partial charge in [0.25, 0.3) is 5.91 Å². The Labute approximate surface area is 154 Å². The third-order valence-corrected chi connectivity index (χ3v) is 4.52. The lowest BCUT2D eigenvalue weighted by Gasteiger charge is -2.20. The molecule has 1 aliphatic rings. The molecule has 2 aromatic rings. The van der Waals surface area contributed by atoms with Crippen LogP contribution in [0, 0.1) is 6.92 Å². The number of halogens is 3. The Kier molecular flexibility index (Phi) is 5.16. The third-order valence-electron chi connectivity index (χ3n) is 4.52. The predicted molar refractivity (Wildman–Crippen MR) is 91.7 cm³/mol. The van der Waals surface area contributed by atoms with E-state index in [0.29, 0.717) is 5.56 Å². The average molecular weight is 377 g/mol. The highest BCUT2D eigenvalue weighted by Gasteiger charge is 2.36. The highest BCUT2D eigenvalue weighted by molar-refractivity contribution is 5.96. The quantitative estimate of drug-likeness (QED) is 0.891. The van der Waals surface area contributed by atoms with Crippen molar-refractivity contribution in [2.24, 2.45) is 0 Å². The molecule has 27 heavy (non-hydrogen) atoms. The van der Waals surface area contributed by atoms with E-state index in [0.717, 1.165) is 11.6 Å². The molecule has 1 saturated heterocycles. The van der Waals surface area contributed by atoms with Crippen molar-refractivity contribution in [2.45, 2.75) is 32.1 Å². The van der Waals surface area contributed by atoms with Crippen molar-refractivity contribution in [2.75, 3.05) is 6.54 Å². The predicted octanol–water partition coefficient (Wildman–Crippen LogP) is 2.94. The van der Waals surface area contributed by atoms with Crippen molar-refractivity contribution in [1.82, 2.24) is 15.2 Å². The van der Waals surface area contributed by atoms with E-state index >= 15 is 0 Å². The number of aryl methyl sites for hydroxylation is 1. The maximum Gasteiger partial charge on any atom is 0.416 e. The monoisotopic (exact) mass is 377 g/mol. The molecule has 2 amide bonds. The van der Waals surface area contributed by atoms with Crippen LogP contribution in [0.1, 0.15) is 33.5 Å². The smallest absolute Gasteiger partial charge is 0.347 e. The molecule has 1 atom stereocenters. The van der Waals surface area contributed by atoms with Crippen LogP contribution in [0.4, 0.5) is 13.2 Å². The van der Waals surface area contributed by atoms with Crippen molar-refractivity contribution in [3.63, 3.8) is 0 Å². The second-order valence-electron chi connectivity index (χ2n) is 6.49. The molecule has 8 heteroatoms. The van der Waals surface area contributed by atoms with Gasteiger partial charge in [-0.1, -0.05) is 18.2 Å². The fourth-order valence-electron chi connectivity index (χ4n) is 3.13. The summed E-state index contributed by atoms with van der Waals surface area (Å²) < 4.78 is 39.4. The minimum atomic E-state index is -4.48. The summed E-state index contributed by atoms with van der Waals surface area (Å²) in [6, 6.07) is 6.44. The fraction of sp³-hybridized carbons (Fsp3) is 0.316. The molecule has 0 aliphatic carbocycles. The van der Waals surface area contributed by atoms with Gasteiger partial charge in [0.2, 0.25) is 5.91 Å². The van der Waals surface area contributed by atoms with Crippen molar-refractivity contribution in [3.8, 4) is 0 Å². The maximum atomic E-state index is 13.1. The zero-order valence-electron chi connectivity index (χ0n) is 14.6. The highest BCUT2D eigenvalue weighted by atomic mass is 19.4. The second-order valence-corrected chi connectivity index (χ2v) is 6.49. The minimum absolute atomic E-state index is 0.0356.